The van der Waals surface area contributed by atoms with E-state index in [9.17, 15) is 0 Å². The van der Waals surface area contributed by atoms with E-state index in [1.165, 1.54) is 50.3 Å². The molecule has 0 amide bonds. The number of para-hydroxylation sites is 2. The molecule has 4 aromatic carbocycles. The lowest BCUT2D eigenvalue weighted by atomic mass is 9.52. The van der Waals surface area contributed by atoms with E-state index in [0.717, 1.165) is 24.3 Å². The monoisotopic (exact) mass is 673 g/mol. The zero-order valence-electron chi connectivity index (χ0n) is 28.9. The van der Waals surface area contributed by atoms with Gasteiger partial charge < -0.3 is 14.4 Å². The number of nitrogens with zero attached hydrogens (tertiary/aromatic N) is 1. The van der Waals surface area contributed by atoms with Crippen molar-refractivity contribution >= 4 is 11.4 Å². The van der Waals surface area contributed by atoms with Gasteiger partial charge in [0.1, 0.15) is 11.5 Å². The summed E-state index contributed by atoms with van der Waals surface area (Å²) in [5.74, 6) is 2.30. The Bertz CT molecular complexity index is 2370. The molecule has 0 aromatic heterocycles. The summed E-state index contributed by atoms with van der Waals surface area (Å²) in [5.41, 5.74) is 10.9. The largest absolute Gasteiger partial charge is 0.457 e. The third-order valence-corrected chi connectivity index (χ3v) is 12.4. The maximum absolute atomic E-state index is 7.04. The lowest BCUT2D eigenvalue weighted by molar-refractivity contribution is -0.0840. The summed E-state index contributed by atoms with van der Waals surface area (Å²) in [4.78, 5) is 2.51. The van der Waals surface area contributed by atoms with Gasteiger partial charge in [0.15, 0.2) is 0 Å². The maximum Gasteiger partial charge on any atom is 0.132 e. The van der Waals surface area contributed by atoms with Crippen molar-refractivity contribution in [1.82, 2.24) is 0 Å². The van der Waals surface area contributed by atoms with E-state index >= 15 is 0 Å². The molecule has 1 fully saturated rings. The van der Waals surface area contributed by atoms with Crippen LogP contribution in [-0.2, 0) is 10.2 Å². The Morgan fingerprint density at radius 2 is 1.46 bits per heavy atom. The van der Waals surface area contributed by atoms with Crippen LogP contribution in [0.25, 0.3) is 11.1 Å². The summed E-state index contributed by atoms with van der Waals surface area (Å²) in [7, 11) is 0. The van der Waals surface area contributed by atoms with E-state index in [1.807, 2.05) is 0 Å². The second kappa shape index (κ2) is 11.7. The Labute approximate surface area is 305 Å². The van der Waals surface area contributed by atoms with Gasteiger partial charge in [-0.25, -0.2) is 0 Å². The standard InChI is InChI=1S/C49H39NO2/c1-3-14-32(15-4-1)33-26-28-40-46(30-33)51-44-24-11-8-20-38(44)49(40)39-21-9-12-25-45(39)52-47-31-34(27-29-41(47)49)36-19-13-23-43-48(36)37-18-7-10-22-42(37)50(43)35-16-5-2-6-17-35/h2-3,5-31,37-38,40,42,44,46H,1,4H2. The van der Waals surface area contributed by atoms with E-state index < -0.39 is 5.41 Å². The van der Waals surface area contributed by atoms with Crippen LogP contribution in [0.5, 0.6) is 11.5 Å². The van der Waals surface area contributed by atoms with E-state index in [1.54, 1.807) is 0 Å². The van der Waals surface area contributed by atoms with E-state index in [-0.39, 0.29) is 36.0 Å². The minimum atomic E-state index is -0.391. The van der Waals surface area contributed by atoms with Gasteiger partial charge in [0.2, 0.25) is 0 Å². The average Bonchev–Trinajstić information content (AvgIpc) is 3.56. The van der Waals surface area contributed by atoms with E-state index in [2.05, 4.69) is 181 Å². The third kappa shape index (κ3) is 4.29. The van der Waals surface area contributed by atoms with Gasteiger partial charge >= 0.3 is 0 Å². The number of benzene rings is 4. The second-order valence-corrected chi connectivity index (χ2v) is 14.9. The van der Waals surface area contributed by atoms with E-state index in [0.29, 0.717) is 0 Å². The van der Waals surface area contributed by atoms with E-state index in [4.69, 9.17) is 9.47 Å². The first kappa shape index (κ1) is 30.0. The highest BCUT2D eigenvalue weighted by atomic mass is 16.5. The quantitative estimate of drug-likeness (QED) is 0.216. The van der Waals surface area contributed by atoms with Crippen molar-refractivity contribution in [3.05, 3.63) is 204 Å². The summed E-state index contributed by atoms with van der Waals surface area (Å²) in [6.07, 6.45) is 34.2. The number of fused-ring (bicyclic) bond motifs is 11. The number of anilines is 2. The van der Waals surface area contributed by atoms with Crippen LogP contribution in [0.15, 0.2) is 187 Å². The second-order valence-electron chi connectivity index (χ2n) is 14.9. The minimum Gasteiger partial charge on any atom is -0.457 e. The topological polar surface area (TPSA) is 21.7 Å². The van der Waals surface area contributed by atoms with Gasteiger partial charge in [0.25, 0.3) is 0 Å². The molecule has 11 rings (SSSR count). The van der Waals surface area contributed by atoms with Crippen molar-refractivity contribution in [2.75, 3.05) is 4.90 Å². The highest BCUT2D eigenvalue weighted by Gasteiger charge is 2.59. The molecule has 252 valence electrons. The average molecular weight is 674 g/mol. The number of hydrogen-bond acceptors (Lipinski definition) is 3. The Kier molecular flexibility index (Phi) is 6.75. The van der Waals surface area contributed by atoms with Crippen molar-refractivity contribution in [3.63, 3.8) is 0 Å². The highest BCUT2D eigenvalue weighted by molar-refractivity contribution is 5.85. The third-order valence-electron chi connectivity index (χ3n) is 12.4. The SMILES string of the molecule is C1=CC2OC3C=C(C4=CCCC=C4)C=CC3C3(c4ccccc4Oc4cc(-c5cccc6c5C5C=CC=CC5N6c5ccccc5)ccc43)C2C=C1. The summed E-state index contributed by atoms with van der Waals surface area (Å²) in [6.45, 7) is 0. The van der Waals surface area contributed by atoms with Gasteiger partial charge in [0.05, 0.1) is 18.2 Å². The summed E-state index contributed by atoms with van der Waals surface area (Å²) in [5, 5.41) is 0. The normalized spacial score (nSPS) is 29.7. The van der Waals surface area contributed by atoms with Crippen LogP contribution in [0, 0.1) is 11.8 Å². The molecular weight excluding hydrogens is 635 g/mol. The van der Waals surface area contributed by atoms with Crippen molar-refractivity contribution in [2.24, 2.45) is 11.8 Å². The van der Waals surface area contributed by atoms with Crippen LogP contribution < -0.4 is 9.64 Å². The van der Waals surface area contributed by atoms with Gasteiger partial charge in [-0.2, -0.15) is 0 Å². The van der Waals surface area contributed by atoms with Gasteiger partial charge in [-0.3, -0.25) is 0 Å². The van der Waals surface area contributed by atoms with Crippen molar-refractivity contribution in [1.29, 1.82) is 0 Å². The summed E-state index contributed by atoms with van der Waals surface area (Å²) in [6, 6.07) is 33.6. The molecule has 0 radical (unpaired) electrons. The molecular formula is C49H39NO2. The zero-order chi connectivity index (χ0) is 34.2. The van der Waals surface area contributed by atoms with Gasteiger partial charge in [-0.15, -0.1) is 0 Å². The van der Waals surface area contributed by atoms with Gasteiger partial charge in [0, 0.05) is 45.7 Å². The summed E-state index contributed by atoms with van der Waals surface area (Å²) >= 11 is 0. The molecule has 3 nitrogen and oxygen atoms in total. The first-order valence-electron chi connectivity index (χ1n) is 18.8. The first-order valence-corrected chi connectivity index (χ1v) is 18.8. The van der Waals surface area contributed by atoms with Crippen molar-refractivity contribution < 1.29 is 9.47 Å². The van der Waals surface area contributed by atoms with Gasteiger partial charge in [-0.05, 0) is 77.1 Å². The fourth-order valence-corrected chi connectivity index (χ4v) is 10.3. The first-order chi connectivity index (χ1) is 25.8. The fourth-order valence-electron chi connectivity index (χ4n) is 10.3. The molecule has 1 spiro atoms. The van der Waals surface area contributed by atoms with Crippen LogP contribution in [0.1, 0.15) is 35.4 Å². The molecule has 7 unspecified atom stereocenters. The number of rotatable bonds is 3. The Balaban J connectivity index is 1.08. The maximum atomic E-state index is 7.04. The van der Waals surface area contributed by atoms with Gasteiger partial charge in [-0.1, -0.05) is 140 Å². The molecule has 0 N–H and O–H groups in total. The molecule has 0 bridgehead atoms. The van der Waals surface area contributed by atoms with Crippen molar-refractivity contribution in [2.45, 2.75) is 42.4 Å². The Morgan fingerprint density at radius 1 is 0.635 bits per heavy atom. The Morgan fingerprint density at radius 3 is 2.38 bits per heavy atom. The molecule has 3 heterocycles. The van der Waals surface area contributed by atoms with Crippen LogP contribution in [-0.4, -0.2) is 18.2 Å². The predicted molar refractivity (Wildman–Crippen MR) is 210 cm³/mol. The lowest BCUT2D eigenvalue weighted by Gasteiger charge is -2.57. The zero-order valence-corrected chi connectivity index (χ0v) is 28.9. The molecule has 0 saturated carbocycles. The number of hydrogen-bond donors (Lipinski definition) is 0. The van der Waals surface area contributed by atoms with Crippen LogP contribution in [0.2, 0.25) is 0 Å². The minimum absolute atomic E-state index is 0.0609. The number of ether oxygens (including phenoxy) is 2. The van der Waals surface area contributed by atoms with Crippen molar-refractivity contribution in [3.8, 4) is 22.6 Å². The molecule has 4 aliphatic carbocycles. The smallest absolute Gasteiger partial charge is 0.132 e. The molecule has 7 aliphatic rings. The van der Waals surface area contributed by atoms with Crippen LogP contribution in [0.4, 0.5) is 11.4 Å². The predicted octanol–water partition coefficient (Wildman–Crippen LogP) is 11.4. The molecule has 3 heteroatoms. The van der Waals surface area contributed by atoms with Crippen LogP contribution >= 0.6 is 0 Å². The fraction of sp³-hybridized carbons (Fsp3) is 0.184. The molecule has 52 heavy (non-hydrogen) atoms. The Hall–Kier alpha value is -5.64. The molecule has 1 saturated heterocycles. The van der Waals surface area contributed by atoms with Crippen LogP contribution in [0.3, 0.4) is 0 Å². The molecule has 7 atom stereocenters. The highest BCUT2D eigenvalue weighted by Crippen LogP contribution is 2.62. The number of allylic oxidation sites excluding steroid dienone is 10. The molecule has 3 aliphatic heterocycles. The summed E-state index contributed by atoms with van der Waals surface area (Å²) < 4.78 is 14.0. The lowest BCUT2D eigenvalue weighted by Crippen LogP contribution is -2.58. The molecule has 4 aromatic rings.